The van der Waals surface area contributed by atoms with Crippen LogP contribution in [0.2, 0.25) is 20.1 Å². The second-order valence-electron chi connectivity index (χ2n) is 8.13. The molecule has 0 unspecified atom stereocenters. The monoisotopic (exact) mass is 581 g/mol. The van der Waals surface area contributed by atoms with E-state index in [1.807, 2.05) is 13.8 Å². The van der Waals surface area contributed by atoms with Crippen LogP contribution in [0.1, 0.15) is 32.8 Å². The lowest BCUT2D eigenvalue weighted by atomic mass is 10.1. The van der Waals surface area contributed by atoms with E-state index in [1.165, 1.54) is 17.0 Å². The summed E-state index contributed by atoms with van der Waals surface area (Å²) in [6.07, 6.45) is 1.66. The summed E-state index contributed by atoms with van der Waals surface area (Å²) in [5.41, 5.74) is 0.712. The lowest BCUT2D eigenvalue weighted by Gasteiger charge is -2.32. The average Bonchev–Trinajstić information content (AvgIpc) is 2.78. The molecule has 1 N–H and O–H groups in total. The van der Waals surface area contributed by atoms with Gasteiger partial charge in [-0.15, -0.1) is 0 Å². The number of rotatable bonds is 10. The van der Waals surface area contributed by atoms with E-state index in [4.69, 9.17) is 46.4 Å². The van der Waals surface area contributed by atoms with E-state index >= 15 is 0 Å². The molecule has 0 aliphatic heterocycles. The van der Waals surface area contributed by atoms with Gasteiger partial charge in [0.1, 0.15) is 12.6 Å². The average molecular weight is 583 g/mol. The van der Waals surface area contributed by atoms with Crippen LogP contribution in [0.4, 0.5) is 5.69 Å². The van der Waals surface area contributed by atoms with Crippen molar-refractivity contribution in [1.82, 2.24) is 10.2 Å². The molecule has 0 aliphatic carbocycles. The Balaban J connectivity index is 2.45. The molecule has 35 heavy (non-hydrogen) atoms. The summed E-state index contributed by atoms with van der Waals surface area (Å²) in [5, 5.41) is 3.60. The molecule has 2 atom stereocenters. The van der Waals surface area contributed by atoms with Gasteiger partial charge in [0.2, 0.25) is 21.8 Å². The quantitative estimate of drug-likeness (QED) is 0.380. The molecule has 2 aromatic rings. The van der Waals surface area contributed by atoms with E-state index < -0.39 is 28.5 Å². The number of amides is 2. The molecule has 0 bridgehead atoms. The summed E-state index contributed by atoms with van der Waals surface area (Å²) in [6, 6.07) is 8.39. The lowest BCUT2D eigenvalue weighted by Crippen LogP contribution is -2.52. The third-order valence-corrected chi connectivity index (χ3v) is 7.78. The number of nitrogens with one attached hydrogen (secondary N) is 1. The largest absolute Gasteiger partial charge is 0.352 e. The van der Waals surface area contributed by atoms with Crippen LogP contribution in [0.3, 0.4) is 0 Å². The maximum absolute atomic E-state index is 13.5. The van der Waals surface area contributed by atoms with Crippen molar-refractivity contribution in [2.75, 3.05) is 17.1 Å². The van der Waals surface area contributed by atoms with Crippen LogP contribution >= 0.6 is 46.4 Å². The molecule has 7 nitrogen and oxygen atoms in total. The highest BCUT2D eigenvalue weighted by Crippen LogP contribution is 2.35. The number of sulfonamides is 1. The summed E-state index contributed by atoms with van der Waals surface area (Å²) >= 11 is 24.3. The number of benzene rings is 2. The van der Waals surface area contributed by atoms with Gasteiger partial charge in [-0.2, -0.15) is 0 Å². The molecule has 2 rings (SSSR count). The van der Waals surface area contributed by atoms with Crippen LogP contribution in [0.5, 0.6) is 0 Å². The molecule has 192 valence electrons. The maximum Gasteiger partial charge on any atom is 0.244 e. The molecule has 0 aliphatic rings. The molecular formula is C23H27Cl4N3O4S. The predicted octanol–water partition coefficient (Wildman–Crippen LogP) is 5.40. The Morgan fingerprint density at radius 1 is 0.971 bits per heavy atom. The van der Waals surface area contributed by atoms with Crippen molar-refractivity contribution in [3.05, 3.63) is 62.1 Å². The van der Waals surface area contributed by atoms with E-state index in [0.717, 1.165) is 10.6 Å². The third kappa shape index (κ3) is 8.15. The number of halogens is 4. The summed E-state index contributed by atoms with van der Waals surface area (Å²) in [4.78, 5) is 27.7. The Bertz CT molecular complexity index is 1180. The van der Waals surface area contributed by atoms with Crippen LogP contribution in [-0.4, -0.2) is 50.0 Å². The Morgan fingerprint density at radius 3 is 2.09 bits per heavy atom. The molecule has 12 heteroatoms. The Hall–Kier alpha value is -1.71. The first-order valence-electron chi connectivity index (χ1n) is 10.7. The summed E-state index contributed by atoms with van der Waals surface area (Å²) in [5.74, 6) is -0.973. The van der Waals surface area contributed by atoms with E-state index in [-0.39, 0.29) is 39.2 Å². The van der Waals surface area contributed by atoms with Crippen molar-refractivity contribution in [2.45, 2.75) is 45.8 Å². The smallest absolute Gasteiger partial charge is 0.244 e. The molecule has 0 saturated carbocycles. The Kier molecular flexibility index (Phi) is 10.5. The lowest BCUT2D eigenvalue weighted by molar-refractivity contribution is -0.139. The number of anilines is 1. The highest BCUT2D eigenvalue weighted by molar-refractivity contribution is 7.92. The number of carbonyl (C=O) groups is 2. The number of hydrogen-bond donors (Lipinski definition) is 1. The molecule has 0 heterocycles. The number of carbonyl (C=O) groups excluding carboxylic acids is 2. The van der Waals surface area contributed by atoms with Gasteiger partial charge in [-0.1, -0.05) is 65.5 Å². The van der Waals surface area contributed by atoms with Gasteiger partial charge in [-0.25, -0.2) is 8.42 Å². The zero-order valence-electron chi connectivity index (χ0n) is 19.7. The first-order chi connectivity index (χ1) is 16.2. The van der Waals surface area contributed by atoms with Gasteiger partial charge in [-0.3, -0.25) is 13.9 Å². The van der Waals surface area contributed by atoms with E-state index in [0.29, 0.717) is 17.0 Å². The SMILES string of the molecule is CC[C@@H](C)NC(=O)[C@H](C)N(Cc1ccc(Cl)cc1)C(=O)CN(c1cc(Cl)c(Cl)cc1Cl)S(C)(=O)=O. The van der Waals surface area contributed by atoms with Gasteiger partial charge in [0.15, 0.2) is 0 Å². The number of nitrogens with zero attached hydrogens (tertiary/aromatic N) is 2. The highest BCUT2D eigenvalue weighted by Gasteiger charge is 2.31. The van der Waals surface area contributed by atoms with Gasteiger partial charge < -0.3 is 10.2 Å². The molecule has 0 fully saturated rings. The summed E-state index contributed by atoms with van der Waals surface area (Å²) in [7, 11) is -3.96. The minimum atomic E-state index is -3.96. The van der Waals surface area contributed by atoms with Gasteiger partial charge in [0.05, 0.1) is 27.0 Å². The van der Waals surface area contributed by atoms with Crippen LogP contribution in [0, 0.1) is 0 Å². The van der Waals surface area contributed by atoms with Crippen molar-refractivity contribution in [2.24, 2.45) is 0 Å². The molecule has 0 aromatic heterocycles. The minimum Gasteiger partial charge on any atom is -0.352 e. The van der Waals surface area contributed by atoms with Crippen LogP contribution in [0.25, 0.3) is 0 Å². The van der Waals surface area contributed by atoms with E-state index in [1.54, 1.807) is 31.2 Å². The van der Waals surface area contributed by atoms with Crippen molar-refractivity contribution in [1.29, 1.82) is 0 Å². The van der Waals surface area contributed by atoms with Crippen LogP contribution in [0.15, 0.2) is 36.4 Å². The summed E-state index contributed by atoms with van der Waals surface area (Å²) < 4.78 is 26.1. The zero-order chi connectivity index (χ0) is 26.5. The molecule has 2 amide bonds. The number of hydrogen-bond acceptors (Lipinski definition) is 4. The van der Waals surface area contributed by atoms with Crippen molar-refractivity contribution >= 4 is 73.9 Å². The van der Waals surface area contributed by atoms with Gasteiger partial charge in [0, 0.05) is 17.6 Å². The topological polar surface area (TPSA) is 86.8 Å². The molecule has 2 aromatic carbocycles. The van der Waals surface area contributed by atoms with E-state index in [9.17, 15) is 18.0 Å². The second kappa shape index (κ2) is 12.5. The standard InChI is InChI=1S/C23H27Cl4N3O4S/c1-5-14(2)28-23(32)15(3)29(12-16-6-8-17(24)9-7-16)22(31)13-30(35(4,33)34)21-11-19(26)18(25)10-20(21)27/h6-11,14-15H,5,12-13H2,1-4H3,(H,28,32)/t14-,15+/m1/s1. The maximum atomic E-state index is 13.5. The zero-order valence-corrected chi connectivity index (χ0v) is 23.5. The fraction of sp³-hybridized carbons (Fsp3) is 0.391. The van der Waals surface area contributed by atoms with Gasteiger partial charge >= 0.3 is 0 Å². The normalized spacial score (nSPS) is 13.1. The minimum absolute atomic E-state index is 0.0000643. The van der Waals surface area contributed by atoms with Gasteiger partial charge in [0.25, 0.3) is 0 Å². The van der Waals surface area contributed by atoms with Crippen LogP contribution in [-0.2, 0) is 26.2 Å². The molecular weight excluding hydrogens is 556 g/mol. The van der Waals surface area contributed by atoms with Crippen LogP contribution < -0.4 is 9.62 Å². The predicted molar refractivity (Wildman–Crippen MR) is 143 cm³/mol. The third-order valence-electron chi connectivity index (χ3n) is 5.37. The van der Waals surface area contributed by atoms with Crippen molar-refractivity contribution in [3.63, 3.8) is 0 Å². The fourth-order valence-electron chi connectivity index (χ4n) is 3.13. The van der Waals surface area contributed by atoms with E-state index in [2.05, 4.69) is 5.32 Å². The van der Waals surface area contributed by atoms with Crippen molar-refractivity contribution < 1.29 is 18.0 Å². The molecule has 0 saturated heterocycles. The van der Waals surface area contributed by atoms with Crippen molar-refractivity contribution in [3.8, 4) is 0 Å². The molecule has 0 radical (unpaired) electrons. The Labute approximate surface area is 226 Å². The second-order valence-corrected chi connectivity index (χ2v) is 11.7. The summed E-state index contributed by atoms with van der Waals surface area (Å²) in [6.45, 7) is 4.82. The first-order valence-corrected chi connectivity index (χ1v) is 14.1. The fourth-order valence-corrected chi connectivity index (χ4v) is 4.81. The molecule has 0 spiro atoms. The highest BCUT2D eigenvalue weighted by atomic mass is 35.5. The Morgan fingerprint density at radius 2 is 1.54 bits per heavy atom. The first kappa shape index (κ1) is 29.5. The van der Waals surface area contributed by atoms with Gasteiger partial charge in [-0.05, 0) is 50.1 Å².